The van der Waals surface area contributed by atoms with Crippen molar-refractivity contribution in [1.29, 1.82) is 0 Å². The van der Waals surface area contributed by atoms with Crippen molar-refractivity contribution in [2.75, 3.05) is 53.5 Å². The van der Waals surface area contributed by atoms with Crippen molar-refractivity contribution in [3.05, 3.63) is 0 Å². The molecule has 0 aromatic carbocycles. The van der Waals surface area contributed by atoms with Crippen LogP contribution >= 0.6 is 24.0 Å². The first-order chi connectivity index (χ1) is 8.24. The largest absolute Gasteiger partial charge is 0.382 e. The molecule has 0 radical (unpaired) electrons. The van der Waals surface area contributed by atoms with Gasteiger partial charge in [0.1, 0.15) is 0 Å². The standard InChI is InChI=1S/C12H28N4O.HI/c1-5-16(4)10-9-15-12(13-3)14-8-7-11-17-6-2;/h5-11H2,1-4H3,(H2,13,14,15);1H. The Kier molecular flexibility index (Phi) is 16.8. The number of aliphatic imine (C=N–C) groups is 1. The van der Waals surface area contributed by atoms with E-state index in [1.807, 2.05) is 6.92 Å². The lowest BCUT2D eigenvalue weighted by atomic mass is 10.4. The highest BCUT2D eigenvalue weighted by molar-refractivity contribution is 14.0. The fraction of sp³-hybridized carbons (Fsp3) is 0.917. The summed E-state index contributed by atoms with van der Waals surface area (Å²) in [6.45, 7) is 9.66. The van der Waals surface area contributed by atoms with Crippen molar-refractivity contribution in [2.45, 2.75) is 20.3 Å². The van der Waals surface area contributed by atoms with E-state index in [1.165, 1.54) is 0 Å². The zero-order chi connectivity index (χ0) is 12.9. The third-order valence-electron chi connectivity index (χ3n) is 2.51. The van der Waals surface area contributed by atoms with Crippen molar-refractivity contribution >= 4 is 29.9 Å². The van der Waals surface area contributed by atoms with Crippen molar-refractivity contribution in [1.82, 2.24) is 15.5 Å². The summed E-state index contributed by atoms with van der Waals surface area (Å²) in [5.41, 5.74) is 0. The summed E-state index contributed by atoms with van der Waals surface area (Å²) in [6.07, 6.45) is 1.00. The monoisotopic (exact) mass is 372 g/mol. The summed E-state index contributed by atoms with van der Waals surface area (Å²) in [5.74, 6) is 0.867. The molecule has 0 aliphatic carbocycles. The molecule has 0 bridgehead atoms. The normalized spacial score (nSPS) is 11.3. The number of nitrogens with zero attached hydrogens (tertiary/aromatic N) is 2. The van der Waals surface area contributed by atoms with E-state index in [4.69, 9.17) is 4.74 Å². The van der Waals surface area contributed by atoms with Crippen LogP contribution in [0.4, 0.5) is 0 Å². The minimum atomic E-state index is 0. The number of ether oxygens (including phenoxy) is 1. The fourth-order valence-electron chi connectivity index (χ4n) is 1.27. The van der Waals surface area contributed by atoms with Gasteiger partial charge in [-0.1, -0.05) is 6.92 Å². The maximum Gasteiger partial charge on any atom is 0.191 e. The van der Waals surface area contributed by atoms with Crippen molar-refractivity contribution in [3.63, 3.8) is 0 Å². The first kappa shape index (κ1) is 20.2. The molecule has 0 saturated heterocycles. The van der Waals surface area contributed by atoms with Crippen LogP contribution in [-0.2, 0) is 4.74 Å². The van der Waals surface area contributed by atoms with Gasteiger partial charge in [0.25, 0.3) is 0 Å². The van der Waals surface area contributed by atoms with Gasteiger partial charge in [-0.2, -0.15) is 0 Å². The molecular formula is C12H29IN4O. The van der Waals surface area contributed by atoms with E-state index in [-0.39, 0.29) is 24.0 Å². The molecule has 110 valence electrons. The lowest BCUT2D eigenvalue weighted by Gasteiger charge is -2.16. The van der Waals surface area contributed by atoms with E-state index in [2.05, 4.69) is 34.5 Å². The first-order valence-corrected chi connectivity index (χ1v) is 6.45. The van der Waals surface area contributed by atoms with Crippen molar-refractivity contribution in [2.24, 2.45) is 4.99 Å². The number of nitrogens with one attached hydrogen (secondary N) is 2. The molecule has 0 aliphatic heterocycles. The number of likely N-dealkylation sites (N-methyl/N-ethyl adjacent to an activating group) is 1. The molecule has 0 saturated carbocycles. The Morgan fingerprint density at radius 1 is 1.22 bits per heavy atom. The summed E-state index contributed by atoms with van der Waals surface area (Å²) < 4.78 is 5.27. The van der Waals surface area contributed by atoms with Gasteiger partial charge in [-0.05, 0) is 26.9 Å². The van der Waals surface area contributed by atoms with Gasteiger partial charge in [0, 0.05) is 39.9 Å². The second-order valence-electron chi connectivity index (χ2n) is 3.87. The molecule has 6 heteroatoms. The van der Waals surface area contributed by atoms with E-state index in [0.29, 0.717) is 0 Å². The van der Waals surface area contributed by atoms with Crippen LogP contribution in [0.2, 0.25) is 0 Å². The molecule has 0 unspecified atom stereocenters. The SMILES string of the molecule is CCOCCCNC(=NC)NCCN(C)CC.I. The molecule has 0 heterocycles. The van der Waals surface area contributed by atoms with Crippen LogP contribution in [0.25, 0.3) is 0 Å². The highest BCUT2D eigenvalue weighted by Gasteiger charge is 1.98. The highest BCUT2D eigenvalue weighted by atomic mass is 127. The average molecular weight is 372 g/mol. The molecular weight excluding hydrogens is 343 g/mol. The Bertz CT molecular complexity index is 203. The van der Waals surface area contributed by atoms with Gasteiger partial charge in [-0.25, -0.2) is 0 Å². The van der Waals surface area contributed by atoms with Gasteiger partial charge in [-0.15, -0.1) is 24.0 Å². The quantitative estimate of drug-likeness (QED) is 0.276. The number of halogens is 1. The Labute approximate surface area is 129 Å². The first-order valence-electron chi connectivity index (χ1n) is 6.45. The van der Waals surface area contributed by atoms with Gasteiger partial charge in [-0.3, -0.25) is 4.99 Å². The summed E-state index contributed by atoms with van der Waals surface area (Å²) in [5, 5.41) is 6.54. The molecule has 5 nitrogen and oxygen atoms in total. The molecule has 0 fully saturated rings. The average Bonchev–Trinajstić information content (AvgIpc) is 2.36. The molecule has 0 aliphatic rings. The number of guanidine groups is 1. The van der Waals surface area contributed by atoms with Gasteiger partial charge in [0.05, 0.1) is 0 Å². The summed E-state index contributed by atoms with van der Waals surface area (Å²) in [6, 6.07) is 0. The summed E-state index contributed by atoms with van der Waals surface area (Å²) >= 11 is 0. The topological polar surface area (TPSA) is 48.9 Å². The van der Waals surface area contributed by atoms with Gasteiger partial charge in [0.2, 0.25) is 0 Å². The van der Waals surface area contributed by atoms with Crippen LogP contribution in [0.1, 0.15) is 20.3 Å². The zero-order valence-corrected chi connectivity index (χ0v) is 14.5. The molecule has 18 heavy (non-hydrogen) atoms. The number of hydrogen-bond donors (Lipinski definition) is 2. The minimum Gasteiger partial charge on any atom is -0.382 e. The predicted octanol–water partition coefficient (Wildman–Crippen LogP) is 1.15. The third kappa shape index (κ3) is 12.4. The molecule has 0 aromatic heterocycles. The minimum absolute atomic E-state index is 0. The van der Waals surface area contributed by atoms with Crippen LogP contribution < -0.4 is 10.6 Å². The third-order valence-corrected chi connectivity index (χ3v) is 2.51. The van der Waals surface area contributed by atoms with E-state index in [9.17, 15) is 0 Å². The van der Waals surface area contributed by atoms with Crippen molar-refractivity contribution < 1.29 is 4.74 Å². The number of rotatable bonds is 9. The predicted molar refractivity (Wildman–Crippen MR) is 89.1 cm³/mol. The Morgan fingerprint density at radius 2 is 1.89 bits per heavy atom. The van der Waals surface area contributed by atoms with Crippen LogP contribution in [-0.4, -0.2) is 64.3 Å². The van der Waals surface area contributed by atoms with E-state index >= 15 is 0 Å². The van der Waals surface area contributed by atoms with Crippen LogP contribution in [0.15, 0.2) is 4.99 Å². The molecule has 0 spiro atoms. The van der Waals surface area contributed by atoms with Gasteiger partial charge >= 0.3 is 0 Å². The highest BCUT2D eigenvalue weighted by Crippen LogP contribution is 1.81. The van der Waals surface area contributed by atoms with Crippen LogP contribution in [0.3, 0.4) is 0 Å². The van der Waals surface area contributed by atoms with Gasteiger partial charge < -0.3 is 20.3 Å². The summed E-state index contributed by atoms with van der Waals surface area (Å²) in [7, 11) is 3.90. The van der Waals surface area contributed by atoms with E-state index in [1.54, 1.807) is 7.05 Å². The number of hydrogen-bond acceptors (Lipinski definition) is 3. The van der Waals surface area contributed by atoms with Crippen LogP contribution in [0.5, 0.6) is 0 Å². The van der Waals surface area contributed by atoms with Crippen molar-refractivity contribution in [3.8, 4) is 0 Å². The van der Waals surface area contributed by atoms with Gasteiger partial charge in [0.15, 0.2) is 5.96 Å². The van der Waals surface area contributed by atoms with E-state index in [0.717, 1.165) is 51.8 Å². The Hall–Kier alpha value is -0.0800. The smallest absolute Gasteiger partial charge is 0.191 e. The molecule has 0 rings (SSSR count). The lowest BCUT2D eigenvalue weighted by molar-refractivity contribution is 0.145. The lowest BCUT2D eigenvalue weighted by Crippen LogP contribution is -2.41. The van der Waals surface area contributed by atoms with E-state index < -0.39 is 0 Å². The summed E-state index contributed by atoms with van der Waals surface area (Å²) in [4.78, 5) is 6.42. The molecule has 0 atom stereocenters. The second-order valence-corrected chi connectivity index (χ2v) is 3.87. The van der Waals surface area contributed by atoms with Crippen LogP contribution in [0, 0.1) is 0 Å². The molecule has 0 amide bonds. The fourth-order valence-corrected chi connectivity index (χ4v) is 1.27. The molecule has 0 aromatic rings. The second kappa shape index (κ2) is 15.0. The maximum absolute atomic E-state index is 5.27. The zero-order valence-electron chi connectivity index (χ0n) is 12.2. The Morgan fingerprint density at radius 3 is 2.44 bits per heavy atom. The maximum atomic E-state index is 5.27. The Balaban J connectivity index is 0. The molecule has 2 N–H and O–H groups in total.